The molecule has 3 aromatic rings. The Morgan fingerprint density at radius 2 is 1.76 bits per heavy atom. The summed E-state index contributed by atoms with van der Waals surface area (Å²) < 4.78 is 18.2. The molecule has 3 rings (SSSR count). The van der Waals surface area contributed by atoms with Crippen LogP contribution in [0.4, 0.5) is 0 Å². The third-order valence-corrected chi connectivity index (χ3v) is 4.55. The number of nitrogens with zero attached hydrogens (tertiary/aromatic N) is 1. The number of para-hydroxylation sites is 1. The molecule has 0 aliphatic heterocycles. The third-order valence-electron chi connectivity index (χ3n) is 4.55. The summed E-state index contributed by atoms with van der Waals surface area (Å²) in [6, 6.07) is 14.5. The second kappa shape index (κ2) is 8.82. The van der Waals surface area contributed by atoms with Crippen molar-refractivity contribution in [2.45, 2.75) is 33.7 Å². The maximum atomic E-state index is 12.5. The molecule has 0 aliphatic carbocycles. The summed E-state index contributed by atoms with van der Waals surface area (Å²) in [6.07, 6.45) is 0. The van der Waals surface area contributed by atoms with Crippen molar-refractivity contribution in [1.29, 1.82) is 0 Å². The first-order valence-corrected chi connectivity index (χ1v) is 9.62. The lowest BCUT2D eigenvalue weighted by Gasteiger charge is -2.12. The van der Waals surface area contributed by atoms with E-state index in [-0.39, 0.29) is 25.2 Å². The first-order valence-electron chi connectivity index (χ1n) is 9.62. The van der Waals surface area contributed by atoms with Crippen molar-refractivity contribution >= 4 is 22.8 Å². The highest BCUT2D eigenvalue weighted by atomic mass is 16.6. The van der Waals surface area contributed by atoms with E-state index in [2.05, 4.69) is 18.4 Å². The molecule has 0 spiro atoms. The van der Waals surface area contributed by atoms with Crippen molar-refractivity contribution in [3.63, 3.8) is 0 Å². The lowest BCUT2D eigenvalue weighted by atomic mass is 10.1. The number of esters is 2. The number of carbonyl (C=O) groups is 2. The summed E-state index contributed by atoms with van der Waals surface area (Å²) in [6.45, 7) is 7.85. The lowest BCUT2D eigenvalue weighted by Crippen LogP contribution is -2.17. The van der Waals surface area contributed by atoms with Gasteiger partial charge in [0.2, 0.25) is 0 Å². The van der Waals surface area contributed by atoms with Crippen LogP contribution in [0, 0.1) is 6.92 Å². The molecule has 0 fully saturated rings. The SMILES string of the molecule is CCOC(=O)c1c(C)n(C(C)C)c2ccc(OC(=O)COc3ccccc3)cc12. The minimum Gasteiger partial charge on any atom is -0.482 e. The molecule has 0 aliphatic rings. The zero-order valence-corrected chi connectivity index (χ0v) is 17.1. The van der Waals surface area contributed by atoms with E-state index in [1.807, 2.05) is 31.2 Å². The average Bonchev–Trinajstić information content (AvgIpc) is 2.98. The molecular formula is C23H25NO5. The fourth-order valence-corrected chi connectivity index (χ4v) is 3.43. The van der Waals surface area contributed by atoms with Gasteiger partial charge in [0.05, 0.1) is 12.2 Å². The van der Waals surface area contributed by atoms with Gasteiger partial charge in [0, 0.05) is 22.6 Å². The second-order valence-electron chi connectivity index (χ2n) is 6.90. The number of rotatable bonds is 7. The molecule has 0 radical (unpaired) electrons. The molecule has 0 amide bonds. The molecule has 2 aromatic carbocycles. The Morgan fingerprint density at radius 1 is 1.03 bits per heavy atom. The first kappa shape index (κ1) is 20.5. The molecule has 0 unspecified atom stereocenters. The highest BCUT2D eigenvalue weighted by Gasteiger charge is 2.23. The zero-order chi connectivity index (χ0) is 21.0. The van der Waals surface area contributed by atoms with E-state index in [9.17, 15) is 9.59 Å². The van der Waals surface area contributed by atoms with Crippen molar-refractivity contribution in [1.82, 2.24) is 4.57 Å². The Bertz CT molecular complexity index is 1020. The van der Waals surface area contributed by atoms with Crippen LogP contribution >= 0.6 is 0 Å². The van der Waals surface area contributed by atoms with Crippen molar-refractivity contribution in [3.05, 3.63) is 59.8 Å². The second-order valence-corrected chi connectivity index (χ2v) is 6.90. The molecule has 29 heavy (non-hydrogen) atoms. The largest absolute Gasteiger partial charge is 0.482 e. The van der Waals surface area contributed by atoms with Crippen LogP contribution in [0.3, 0.4) is 0 Å². The summed E-state index contributed by atoms with van der Waals surface area (Å²) in [5, 5.41) is 0.698. The Kier molecular flexibility index (Phi) is 6.22. The van der Waals surface area contributed by atoms with Gasteiger partial charge in [0.1, 0.15) is 11.5 Å². The predicted octanol–water partition coefficient (Wildman–Crippen LogP) is 4.69. The van der Waals surface area contributed by atoms with E-state index in [4.69, 9.17) is 14.2 Å². The standard InChI is InChI=1S/C23H25NO5/c1-5-27-23(26)22-16(4)24(15(2)3)20-12-11-18(13-19(20)22)29-21(25)14-28-17-9-7-6-8-10-17/h6-13,15H,5,14H2,1-4H3. The number of benzene rings is 2. The molecule has 0 atom stereocenters. The van der Waals surface area contributed by atoms with Crippen molar-refractivity contribution in [2.75, 3.05) is 13.2 Å². The normalized spacial score (nSPS) is 10.9. The van der Waals surface area contributed by atoms with Crippen LogP contribution in [0.2, 0.25) is 0 Å². The van der Waals surface area contributed by atoms with E-state index < -0.39 is 5.97 Å². The molecular weight excluding hydrogens is 370 g/mol. The van der Waals surface area contributed by atoms with Crippen LogP contribution in [0.1, 0.15) is 42.9 Å². The van der Waals surface area contributed by atoms with Gasteiger partial charge in [-0.3, -0.25) is 0 Å². The fourth-order valence-electron chi connectivity index (χ4n) is 3.43. The summed E-state index contributed by atoms with van der Waals surface area (Å²) in [5.74, 6) is 0.0379. The first-order chi connectivity index (χ1) is 13.9. The van der Waals surface area contributed by atoms with Gasteiger partial charge in [-0.2, -0.15) is 0 Å². The van der Waals surface area contributed by atoms with Crippen molar-refractivity contribution < 1.29 is 23.8 Å². The minimum atomic E-state index is -0.522. The van der Waals surface area contributed by atoms with Crippen LogP contribution in [-0.4, -0.2) is 29.7 Å². The molecule has 152 valence electrons. The number of hydrogen-bond acceptors (Lipinski definition) is 5. The minimum absolute atomic E-state index is 0.161. The Hall–Kier alpha value is -3.28. The fraction of sp³-hybridized carbons (Fsp3) is 0.304. The molecule has 1 aromatic heterocycles. The van der Waals surface area contributed by atoms with Crippen LogP contribution in [0.25, 0.3) is 10.9 Å². The number of fused-ring (bicyclic) bond motifs is 1. The van der Waals surface area contributed by atoms with Gasteiger partial charge in [0.25, 0.3) is 0 Å². The summed E-state index contributed by atoms with van der Waals surface area (Å²) >= 11 is 0. The maximum absolute atomic E-state index is 12.5. The van der Waals surface area contributed by atoms with Gasteiger partial charge in [-0.05, 0) is 58.0 Å². The highest BCUT2D eigenvalue weighted by Crippen LogP contribution is 2.32. The topological polar surface area (TPSA) is 66.8 Å². The van der Waals surface area contributed by atoms with Gasteiger partial charge >= 0.3 is 11.9 Å². The van der Waals surface area contributed by atoms with E-state index in [0.29, 0.717) is 22.4 Å². The molecule has 6 heteroatoms. The number of ether oxygens (including phenoxy) is 3. The third kappa shape index (κ3) is 4.42. The summed E-state index contributed by atoms with van der Waals surface area (Å²) in [4.78, 5) is 24.7. The molecule has 0 saturated carbocycles. The van der Waals surface area contributed by atoms with Gasteiger partial charge in [0.15, 0.2) is 6.61 Å². The van der Waals surface area contributed by atoms with E-state index in [1.54, 1.807) is 31.2 Å². The van der Waals surface area contributed by atoms with Crippen LogP contribution < -0.4 is 9.47 Å². The van der Waals surface area contributed by atoms with Crippen molar-refractivity contribution in [2.24, 2.45) is 0 Å². The van der Waals surface area contributed by atoms with Gasteiger partial charge in [-0.1, -0.05) is 18.2 Å². The summed E-state index contributed by atoms with van der Waals surface area (Å²) in [5.41, 5.74) is 2.21. The summed E-state index contributed by atoms with van der Waals surface area (Å²) in [7, 11) is 0. The van der Waals surface area contributed by atoms with Crippen LogP contribution in [-0.2, 0) is 9.53 Å². The quantitative estimate of drug-likeness (QED) is 0.429. The molecule has 6 nitrogen and oxygen atoms in total. The monoisotopic (exact) mass is 395 g/mol. The van der Waals surface area contributed by atoms with Crippen LogP contribution in [0.5, 0.6) is 11.5 Å². The van der Waals surface area contributed by atoms with E-state index in [1.165, 1.54) is 0 Å². The molecule has 0 N–H and O–H groups in total. The Labute approximate surface area is 170 Å². The van der Waals surface area contributed by atoms with E-state index in [0.717, 1.165) is 11.2 Å². The Balaban J connectivity index is 1.87. The number of carbonyl (C=O) groups excluding carboxylic acids is 2. The number of hydrogen-bond donors (Lipinski definition) is 0. The van der Waals surface area contributed by atoms with Gasteiger partial charge < -0.3 is 18.8 Å². The van der Waals surface area contributed by atoms with Crippen molar-refractivity contribution in [3.8, 4) is 11.5 Å². The average molecular weight is 395 g/mol. The predicted molar refractivity (Wildman–Crippen MR) is 111 cm³/mol. The molecule has 0 bridgehead atoms. The molecule has 0 saturated heterocycles. The lowest BCUT2D eigenvalue weighted by molar-refractivity contribution is -0.136. The number of aromatic nitrogens is 1. The molecule has 1 heterocycles. The van der Waals surface area contributed by atoms with E-state index >= 15 is 0 Å². The highest BCUT2D eigenvalue weighted by molar-refractivity contribution is 6.06. The smallest absolute Gasteiger partial charge is 0.349 e. The zero-order valence-electron chi connectivity index (χ0n) is 17.1. The maximum Gasteiger partial charge on any atom is 0.349 e. The Morgan fingerprint density at radius 3 is 2.41 bits per heavy atom. The van der Waals surface area contributed by atoms with Gasteiger partial charge in [-0.25, -0.2) is 9.59 Å². The van der Waals surface area contributed by atoms with Gasteiger partial charge in [-0.15, -0.1) is 0 Å². The van der Waals surface area contributed by atoms with Crippen LogP contribution in [0.15, 0.2) is 48.5 Å².